The first-order valence-electron chi connectivity index (χ1n) is 4.61. The zero-order valence-electron chi connectivity index (χ0n) is 8.44. The maximum atomic E-state index is 5.89. The summed E-state index contributed by atoms with van der Waals surface area (Å²) in [5.41, 5.74) is 8.87. The molecular weight excluding hydrogens is 332 g/mol. The van der Waals surface area contributed by atoms with Gasteiger partial charge in [-0.25, -0.2) is 0 Å². The van der Waals surface area contributed by atoms with Gasteiger partial charge in [0.2, 0.25) is 0 Å². The molecule has 84 valence electrons. The number of nitrogens with two attached hydrogens (primary N) is 1. The van der Waals surface area contributed by atoms with E-state index in [-0.39, 0.29) is 34.0 Å². The Morgan fingerprint density at radius 2 is 1.50 bits per heavy atom. The van der Waals surface area contributed by atoms with Gasteiger partial charge in [-0.1, -0.05) is 30.3 Å². The number of hydrogen-bond donors (Lipinski definition) is 2. The number of aromatic nitrogens is 1. The van der Waals surface area contributed by atoms with Crippen molar-refractivity contribution in [1.82, 2.24) is 4.98 Å². The van der Waals surface area contributed by atoms with Crippen LogP contribution in [0.4, 0.5) is 5.69 Å². The van der Waals surface area contributed by atoms with Gasteiger partial charge in [0.1, 0.15) is 0 Å². The summed E-state index contributed by atoms with van der Waals surface area (Å²) < 4.78 is 0. The van der Waals surface area contributed by atoms with Gasteiger partial charge in [-0.2, -0.15) is 0 Å². The average Bonchev–Trinajstić information content (AvgIpc) is 2.59. The van der Waals surface area contributed by atoms with E-state index in [4.69, 9.17) is 5.73 Å². The molecule has 0 amide bonds. The molecule has 0 saturated heterocycles. The fourth-order valence-corrected chi connectivity index (χ4v) is 1.90. The first kappa shape index (κ1) is 13.1. The number of benzene rings is 2. The second-order valence-electron chi connectivity index (χ2n) is 3.44. The molecule has 2 aromatic carbocycles. The largest absolute Gasteiger partial charge is 0.397 e. The van der Waals surface area contributed by atoms with E-state index in [1.165, 1.54) is 10.8 Å². The van der Waals surface area contributed by atoms with Gasteiger partial charge in [0.25, 0.3) is 0 Å². The van der Waals surface area contributed by atoms with Crippen LogP contribution in [0, 0.1) is 0 Å². The summed E-state index contributed by atoms with van der Waals surface area (Å²) in [5, 5.41) is 2.43. The van der Waals surface area contributed by atoms with Crippen molar-refractivity contribution >= 4 is 61.5 Å². The highest BCUT2D eigenvalue weighted by Crippen LogP contribution is 2.28. The van der Waals surface area contributed by atoms with Crippen LogP contribution in [-0.2, 0) is 0 Å². The molecule has 0 radical (unpaired) electrons. The van der Waals surface area contributed by atoms with Crippen LogP contribution in [0.3, 0.4) is 0 Å². The predicted molar refractivity (Wildman–Crippen MR) is 80.9 cm³/mol. The lowest BCUT2D eigenvalue weighted by Crippen LogP contribution is -1.84. The zero-order valence-corrected chi connectivity index (χ0v) is 11.9. The Morgan fingerprint density at radius 1 is 0.812 bits per heavy atom. The normalized spacial score (nSPS) is 9.75. The van der Waals surface area contributed by atoms with E-state index in [9.17, 15) is 0 Å². The monoisotopic (exact) mass is 342 g/mol. The van der Waals surface area contributed by atoms with E-state index in [0.29, 0.717) is 0 Å². The highest BCUT2D eigenvalue weighted by molar-refractivity contribution is 8.93. The number of fused-ring (bicyclic) bond motifs is 3. The van der Waals surface area contributed by atoms with Gasteiger partial charge in [0.15, 0.2) is 0 Å². The number of nitrogen functional groups attached to an aromatic ring is 1. The minimum atomic E-state index is 0. The van der Waals surface area contributed by atoms with Crippen molar-refractivity contribution < 1.29 is 0 Å². The predicted octanol–water partition coefficient (Wildman–Crippen LogP) is 4.06. The van der Waals surface area contributed by atoms with Crippen LogP contribution < -0.4 is 5.73 Å². The lowest BCUT2D eigenvalue weighted by Gasteiger charge is -1.93. The third kappa shape index (κ3) is 1.83. The number of para-hydroxylation sites is 2. The number of anilines is 1. The first-order chi connectivity index (χ1) is 6.86. The number of halogens is 2. The lowest BCUT2D eigenvalue weighted by molar-refractivity contribution is 1.54. The molecule has 0 bridgehead atoms. The minimum absolute atomic E-state index is 0. The Kier molecular flexibility index (Phi) is 3.99. The van der Waals surface area contributed by atoms with Gasteiger partial charge in [-0.05, 0) is 12.1 Å². The molecular formula is C12H12Br2N2. The van der Waals surface area contributed by atoms with E-state index in [0.717, 1.165) is 16.7 Å². The van der Waals surface area contributed by atoms with Gasteiger partial charge in [-0.15, -0.1) is 34.0 Å². The second kappa shape index (κ2) is 4.89. The topological polar surface area (TPSA) is 41.8 Å². The molecule has 16 heavy (non-hydrogen) atoms. The summed E-state index contributed by atoms with van der Waals surface area (Å²) in [5.74, 6) is 0. The van der Waals surface area contributed by atoms with E-state index >= 15 is 0 Å². The van der Waals surface area contributed by atoms with E-state index in [2.05, 4.69) is 23.2 Å². The molecule has 1 aromatic heterocycles. The molecule has 0 fully saturated rings. The molecule has 3 aromatic rings. The number of H-pyrrole nitrogens is 1. The Balaban J connectivity index is 0.000000640. The second-order valence-corrected chi connectivity index (χ2v) is 3.44. The van der Waals surface area contributed by atoms with Crippen LogP contribution in [0.25, 0.3) is 21.8 Å². The van der Waals surface area contributed by atoms with Gasteiger partial charge >= 0.3 is 0 Å². The van der Waals surface area contributed by atoms with Crippen molar-refractivity contribution in [2.45, 2.75) is 0 Å². The van der Waals surface area contributed by atoms with Crippen molar-refractivity contribution in [3.8, 4) is 0 Å². The Morgan fingerprint density at radius 3 is 2.31 bits per heavy atom. The maximum absolute atomic E-state index is 5.89. The molecule has 0 saturated carbocycles. The molecule has 0 unspecified atom stereocenters. The molecule has 0 aliphatic rings. The fourth-order valence-electron chi connectivity index (χ4n) is 1.90. The molecule has 0 aliphatic carbocycles. The lowest BCUT2D eigenvalue weighted by atomic mass is 10.1. The van der Waals surface area contributed by atoms with Crippen LogP contribution in [0.2, 0.25) is 0 Å². The molecule has 0 spiro atoms. The van der Waals surface area contributed by atoms with Crippen LogP contribution >= 0.6 is 34.0 Å². The van der Waals surface area contributed by atoms with Crippen molar-refractivity contribution in [3.05, 3.63) is 42.5 Å². The van der Waals surface area contributed by atoms with Gasteiger partial charge < -0.3 is 10.7 Å². The summed E-state index contributed by atoms with van der Waals surface area (Å²) in [6, 6.07) is 14.2. The summed E-state index contributed by atoms with van der Waals surface area (Å²) in [6.45, 7) is 0. The van der Waals surface area contributed by atoms with Crippen LogP contribution in [0.5, 0.6) is 0 Å². The first-order valence-corrected chi connectivity index (χ1v) is 4.61. The third-order valence-corrected chi connectivity index (χ3v) is 2.57. The zero-order chi connectivity index (χ0) is 9.54. The van der Waals surface area contributed by atoms with Crippen molar-refractivity contribution in [3.63, 3.8) is 0 Å². The summed E-state index contributed by atoms with van der Waals surface area (Å²) in [7, 11) is 0. The Bertz CT molecular complexity index is 617. The summed E-state index contributed by atoms with van der Waals surface area (Å²) in [4.78, 5) is 3.32. The van der Waals surface area contributed by atoms with Crippen LogP contribution in [0.15, 0.2) is 42.5 Å². The van der Waals surface area contributed by atoms with E-state index in [1.54, 1.807) is 0 Å². The maximum Gasteiger partial charge on any atom is 0.0698 e. The van der Waals surface area contributed by atoms with Crippen LogP contribution in [0.1, 0.15) is 0 Å². The summed E-state index contributed by atoms with van der Waals surface area (Å²) in [6.07, 6.45) is 0. The fraction of sp³-hybridized carbons (Fsp3) is 0. The van der Waals surface area contributed by atoms with Gasteiger partial charge in [0, 0.05) is 16.3 Å². The van der Waals surface area contributed by atoms with Crippen molar-refractivity contribution in [1.29, 1.82) is 0 Å². The highest BCUT2D eigenvalue weighted by Gasteiger charge is 2.04. The number of hydrogen-bond acceptors (Lipinski definition) is 1. The van der Waals surface area contributed by atoms with Crippen molar-refractivity contribution in [2.75, 3.05) is 5.73 Å². The van der Waals surface area contributed by atoms with Crippen LogP contribution in [-0.4, -0.2) is 4.98 Å². The molecule has 0 atom stereocenters. The van der Waals surface area contributed by atoms with E-state index in [1.807, 2.05) is 24.3 Å². The highest BCUT2D eigenvalue weighted by atomic mass is 79.9. The van der Waals surface area contributed by atoms with Gasteiger partial charge in [-0.3, -0.25) is 0 Å². The Labute approximate surface area is 114 Å². The molecule has 1 heterocycles. The standard InChI is InChI=1S/C12H10N2.2BrH/c13-10-6-3-5-9-8-4-1-2-7-11(8)14-12(9)10;;/h1-7,14H,13H2;2*1H. The van der Waals surface area contributed by atoms with E-state index < -0.39 is 0 Å². The number of aromatic amines is 1. The SMILES string of the molecule is Br.Br.Nc1cccc2c1[nH]c1ccccc12. The third-order valence-electron chi connectivity index (χ3n) is 2.57. The minimum Gasteiger partial charge on any atom is -0.397 e. The summed E-state index contributed by atoms with van der Waals surface area (Å²) >= 11 is 0. The van der Waals surface area contributed by atoms with Crippen molar-refractivity contribution in [2.24, 2.45) is 0 Å². The molecule has 0 aliphatic heterocycles. The molecule has 4 heteroatoms. The average molecular weight is 344 g/mol. The number of nitrogens with one attached hydrogen (secondary N) is 1. The Hall–Kier alpha value is -1.00. The quantitative estimate of drug-likeness (QED) is 0.594. The molecule has 2 nitrogen and oxygen atoms in total. The number of rotatable bonds is 0. The molecule has 3 rings (SSSR count). The smallest absolute Gasteiger partial charge is 0.0698 e. The van der Waals surface area contributed by atoms with Gasteiger partial charge in [0.05, 0.1) is 11.2 Å². The molecule has 3 N–H and O–H groups in total.